The maximum atomic E-state index is 12.2. The quantitative estimate of drug-likeness (QED) is 0.777. The molecule has 1 heterocycles. The summed E-state index contributed by atoms with van der Waals surface area (Å²) in [4.78, 5) is -0.0278. The standard InChI is InChI=1S/C13H14Cl3N3O2S/c1-9-12(16)8-17-19(9)6-2-5-18-22(20,21)13-7-10(14)3-4-11(13)15/h3-4,7-8,18H,2,5-6H2,1H3. The number of aromatic nitrogens is 2. The number of aryl methyl sites for hydroxylation is 1. The van der Waals surface area contributed by atoms with Gasteiger partial charge in [-0.15, -0.1) is 0 Å². The highest BCUT2D eigenvalue weighted by molar-refractivity contribution is 7.89. The van der Waals surface area contributed by atoms with Crippen LogP contribution in [0.15, 0.2) is 29.3 Å². The highest BCUT2D eigenvalue weighted by Gasteiger charge is 2.17. The Morgan fingerprint density at radius 1 is 1.23 bits per heavy atom. The third kappa shape index (κ3) is 4.14. The van der Waals surface area contributed by atoms with Crippen LogP contribution in [0.25, 0.3) is 0 Å². The molecule has 0 saturated heterocycles. The fourth-order valence-electron chi connectivity index (χ4n) is 1.85. The number of nitrogens with zero attached hydrogens (tertiary/aromatic N) is 2. The summed E-state index contributed by atoms with van der Waals surface area (Å²) in [5, 5.41) is 5.13. The zero-order valence-electron chi connectivity index (χ0n) is 11.7. The van der Waals surface area contributed by atoms with Crippen LogP contribution in [0.4, 0.5) is 0 Å². The Bertz CT molecular complexity index is 775. The molecule has 0 atom stereocenters. The summed E-state index contributed by atoms with van der Waals surface area (Å²) in [7, 11) is -3.69. The van der Waals surface area contributed by atoms with E-state index in [0.717, 1.165) is 5.69 Å². The number of nitrogens with one attached hydrogen (secondary N) is 1. The van der Waals surface area contributed by atoms with Crippen molar-refractivity contribution >= 4 is 44.8 Å². The second-order valence-corrected chi connectivity index (χ2v) is 7.61. The second-order valence-electron chi connectivity index (χ2n) is 4.63. The van der Waals surface area contributed by atoms with Crippen LogP contribution in [0.3, 0.4) is 0 Å². The Balaban J connectivity index is 1.96. The summed E-state index contributed by atoms with van der Waals surface area (Å²) in [6.45, 7) is 2.66. The van der Waals surface area contributed by atoms with Gasteiger partial charge in [-0.2, -0.15) is 5.10 Å². The smallest absolute Gasteiger partial charge is 0.242 e. The molecule has 22 heavy (non-hydrogen) atoms. The second kappa shape index (κ2) is 7.19. The molecule has 0 saturated carbocycles. The van der Waals surface area contributed by atoms with Crippen LogP contribution in [-0.4, -0.2) is 24.7 Å². The summed E-state index contributed by atoms with van der Waals surface area (Å²) < 4.78 is 28.6. The summed E-state index contributed by atoms with van der Waals surface area (Å²) in [5.74, 6) is 0. The Hall–Kier alpha value is -0.790. The van der Waals surface area contributed by atoms with Gasteiger partial charge in [-0.3, -0.25) is 4.68 Å². The van der Waals surface area contributed by atoms with E-state index in [-0.39, 0.29) is 16.5 Å². The largest absolute Gasteiger partial charge is 0.268 e. The van der Waals surface area contributed by atoms with Crippen molar-refractivity contribution in [3.05, 3.63) is 45.2 Å². The molecule has 2 rings (SSSR count). The Morgan fingerprint density at radius 3 is 2.59 bits per heavy atom. The molecule has 1 N–H and O–H groups in total. The molecule has 0 aliphatic carbocycles. The predicted octanol–water partition coefficient (Wildman–Crippen LogP) is 3.52. The third-order valence-electron chi connectivity index (χ3n) is 3.06. The van der Waals surface area contributed by atoms with Gasteiger partial charge in [-0.1, -0.05) is 34.8 Å². The number of rotatable bonds is 6. The normalized spacial score (nSPS) is 11.8. The molecule has 0 aliphatic rings. The fraction of sp³-hybridized carbons (Fsp3) is 0.308. The van der Waals surface area contributed by atoms with Crippen LogP contribution in [0.2, 0.25) is 15.1 Å². The summed E-state index contributed by atoms with van der Waals surface area (Å²) >= 11 is 17.6. The minimum Gasteiger partial charge on any atom is -0.268 e. The first-order valence-electron chi connectivity index (χ1n) is 6.44. The molecule has 2 aromatic rings. The molecule has 0 aliphatic heterocycles. The van der Waals surface area contributed by atoms with Gasteiger partial charge < -0.3 is 0 Å². The van der Waals surface area contributed by atoms with Crippen molar-refractivity contribution < 1.29 is 8.42 Å². The van der Waals surface area contributed by atoms with Crippen molar-refractivity contribution in [3.8, 4) is 0 Å². The molecule has 120 valence electrons. The number of benzene rings is 1. The Morgan fingerprint density at radius 2 is 1.95 bits per heavy atom. The zero-order chi connectivity index (χ0) is 16.3. The van der Waals surface area contributed by atoms with Gasteiger partial charge >= 0.3 is 0 Å². The molecular formula is C13H14Cl3N3O2S. The minimum absolute atomic E-state index is 0.0278. The van der Waals surface area contributed by atoms with E-state index in [4.69, 9.17) is 34.8 Å². The van der Waals surface area contributed by atoms with E-state index in [1.807, 2.05) is 6.92 Å². The SMILES string of the molecule is Cc1c(Cl)cnn1CCCNS(=O)(=O)c1cc(Cl)ccc1Cl. The first-order chi connectivity index (χ1) is 10.3. The molecule has 9 heteroatoms. The maximum absolute atomic E-state index is 12.2. The van der Waals surface area contributed by atoms with E-state index in [1.54, 1.807) is 10.9 Å². The fourth-order valence-corrected chi connectivity index (χ4v) is 3.82. The maximum Gasteiger partial charge on any atom is 0.242 e. The van der Waals surface area contributed by atoms with Crippen molar-refractivity contribution in [2.24, 2.45) is 0 Å². The highest BCUT2D eigenvalue weighted by atomic mass is 35.5. The highest BCUT2D eigenvalue weighted by Crippen LogP contribution is 2.24. The van der Waals surface area contributed by atoms with Gasteiger partial charge in [0.15, 0.2) is 0 Å². The van der Waals surface area contributed by atoms with Crippen LogP contribution in [0.5, 0.6) is 0 Å². The molecule has 0 amide bonds. The molecule has 0 bridgehead atoms. The van der Waals surface area contributed by atoms with Crippen LogP contribution in [0.1, 0.15) is 12.1 Å². The summed E-state index contributed by atoms with van der Waals surface area (Å²) in [5.41, 5.74) is 0.849. The average Bonchev–Trinajstić information content (AvgIpc) is 2.78. The lowest BCUT2D eigenvalue weighted by molar-refractivity contribution is 0.546. The summed E-state index contributed by atoms with van der Waals surface area (Å²) in [6.07, 6.45) is 2.13. The number of hydrogen-bond acceptors (Lipinski definition) is 3. The van der Waals surface area contributed by atoms with Gasteiger partial charge in [0.1, 0.15) is 4.90 Å². The van der Waals surface area contributed by atoms with Crippen molar-refractivity contribution in [1.29, 1.82) is 0 Å². The van der Waals surface area contributed by atoms with Crippen molar-refractivity contribution in [1.82, 2.24) is 14.5 Å². The lowest BCUT2D eigenvalue weighted by atomic mass is 10.4. The Kier molecular flexibility index (Phi) is 5.74. The van der Waals surface area contributed by atoms with Gasteiger partial charge in [-0.05, 0) is 31.5 Å². The van der Waals surface area contributed by atoms with Crippen LogP contribution >= 0.6 is 34.8 Å². The molecule has 0 spiro atoms. The van der Waals surface area contributed by atoms with E-state index in [0.29, 0.717) is 23.0 Å². The van der Waals surface area contributed by atoms with Crippen LogP contribution < -0.4 is 4.72 Å². The molecule has 5 nitrogen and oxygen atoms in total. The van der Waals surface area contributed by atoms with Gasteiger partial charge in [0.25, 0.3) is 0 Å². The first-order valence-corrected chi connectivity index (χ1v) is 9.05. The van der Waals surface area contributed by atoms with Crippen LogP contribution in [0, 0.1) is 6.92 Å². The van der Waals surface area contributed by atoms with E-state index in [2.05, 4.69) is 9.82 Å². The molecule has 0 fully saturated rings. The molecule has 1 aromatic carbocycles. The topological polar surface area (TPSA) is 64.0 Å². The van der Waals surface area contributed by atoms with Gasteiger partial charge in [0.2, 0.25) is 10.0 Å². The molecule has 1 aromatic heterocycles. The lowest BCUT2D eigenvalue weighted by Gasteiger charge is -2.09. The summed E-state index contributed by atoms with van der Waals surface area (Å²) in [6, 6.07) is 4.31. The molecule has 0 unspecified atom stereocenters. The van der Waals surface area contributed by atoms with Crippen molar-refractivity contribution in [2.75, 3.05) is 6.54 Å². The predicted molar refractivity (Wildman–Crippen MR) is 88.2 cm³/mol. The van der Waals surface area contributed by atoms with E-state index in [1.165, 1.54) is 18.2 Å². The molecular weight excluding hydrogens is 369 g/mol. The van der Waals surface area contributed by atoms with Crippen molar-refractivity contribution in [3.63, 3.8) is 0 Å². The minimum atomic E-state index is -3.69. The van der Waals surface area contributed by atoms with E-state index < -0.39 is 10.0 Å². The van der Waals surface area contributed by atoms with E-state index in [9.17, 15) is 8.42 Å². The third-order valence-corrected chi connectivity index (χ3v) is 5.61. The monoisotopic (exact) mass is 381 g/mol. The molecule has 0 radical (unpaired) electrons. The number of halogens is 3. The van der Waals surface area contributed by atoms with Crippen molar-refractivity contribution in [2.45, 2.75) is 24.8 Å². The average molecular weight is 383 g/mol. The zero-order valence-corrected chi connectivity index (χ0v) is 14.8. The van der Waals surface area contributed by atoms with Gasteiger partial charge in [0.05, 0.1) is 21.9 Å². The van der Waals surface area contributed by atoms with Crippen LogP contribution in [-0.2, 0) is 16.6 Å². The lowest BCUT2D eigenvalue weighted by Crippen LogP contribution is -2.26. The number of hydrogen-bond donors (Lipinski definition) is 1. The van der Waals surface area contributed by atoms with Gasteiger partial charge in [-0.25, -0.2) is 13.1 Å². The van der Waals surface area contributed by atoms with Gasteiger partial charge in [0, 0.05) is 18.1 Å². The number of sulfonamides is 1. The Labute approximate surface area is 144 Å². The first kappa shape index (κ1) is 17.6. The van der Waals surface area contributed by atoms with E-state index >= 15 is 0 Å².